The highest BCUT2D eigenvalue weighted by Crippen LogP contribution is 2.33. The van der Waals surface area contributed by atoms with E-state index in [1.807, 2.05) is 0 Å². The second kappa shape index (κ2) is 7.39. The van der Waals surface area contributed by atoms with E-state index in [1.54, 1.807) is 25.3 Å². The Morgan fingerprint density at radius 2 is 1.91 bits per heavy atom. The molecule has 2 atom stereocenters. The lowest BCUT2D eigenvalue weighted by atomic mass is 10.1. The van der Waals surface area contributed by atoms with E-state index in [0.29, 0.717) is 21.8 Å². The van der Waals surface area contributed by atoms with E-state index in [4.69, 9.17) is 32.7 Å². The molecule has 0 radical (unpaired) electrons. The van der Waals surface area contributed by atoms with Crippen LogP contribution in [0.1, 0.15) is 32.1 Å². The van der Waals surface area contributed by atoms with Crippen LogP contribution in [0.5, 0.6) is 5.75 Å². The lowest BCUT2D eigenvalue weighted by molar-refractivity contribution is -0.0699. The van der Waals surface area contributed by atoms with Gasteiger partial charge in [-0.3, -0.25) is 4.90 Å². The van der Waals surface area contributed by atoms with Crippen LogP contribution in [-0.2, 0) is 4.74 Å². The van der Waals surface area contributed by atoms with Gasteiger partial charge in [-0.05, 0) is 56.3 Å². The summed E-state index contributed by atoms with van der Waals surface area (Å²) in [5.41, 5.74) is 0. The zero-order chi connectivity index (χ0) is 15.5. The van der Waals surface area contributed by atoms with Gasteiger partial charge in [-0.2, -0.15) is 0 Å². The first-order valence-corrected chi connectivity index (χ1v) is 8.79. The molecular formula is C17H23Cl2NO2. The summed E-state index contributed by atoms with van der Waals surface area (Å²) < 4.78 is 11.5. The van der Waals surface area contributed by atoms with E-state index in [2.05, 4.69) is 4.90 Å². The second-order valence-corrected chi connectivity index (χ2v) is 7.23. The standard InChI is InChI=1S/C17H23Cl2NO2/c1-21-17(22-16-8-13(18)7-14(19)9-16)10-15-3-2-6-20(15)11-12-4-5-12/h7-9,12,15,17H,2-6,10-11H2,1H3. The van der Waals surface area contributed by atoms with Crippen molar-refractivity contribution in [2.45, 2.75) is 44.4 Å². The molecule has 1 aromatic rings. The molecule has 0 aromatic heterocycles. The summed E-state index contributed by atoms with van der Waals surface area (Å²) in [6.07, 6.45) is 5.92. The number of rotatable bonds is 7. The number of nitrogens with zero attached hydrogens (tertiary/aromatic N) is 1. The van der Waals surface area contributed by atoms with Gasteiger partial charge in [0.05, 0.1) is 0 Å². The van der Waals surface area contributed by atoms with Crippen molar-refractivity contribution in [2.24, 2.45) is 5.92 Å². The molecule has 0 N–H and O–H groups in total. The maximum atomic E-state index is 6.02. The monoisotopic (exact) mass is 343 g/mol. The van der Waals surface area contributed by atoms with Crippen molar-refractivity contribution in [1.82, 2.24) is 4.90 Å². The van der Waals surface area contributed by atoms with Gasteiger partial charge in [-0.15, -0.1) is 0 Å². The van der Waals surface area contributed by atoms with E-state index >= 15 is 0 Å². The van der Waals surface area contributed by atoms with Crippen molar-refractivity contribution in [2.75, 3.05) is 20.2 Å². The van der Waals surface area contributed by atoms with E-state index in [0.717, 1.165) is 12.3 Å². The molecule has 1 aliphatic carbocycles. The number of ether oxygens (including phenoxy) is 2. The van der Waals surface area contributed by atoms with E-state index in [1.165, 1.54) is 38.8 Å². The van der Waals surface area contributed by atoms with Gasteiger partial charge in [0.2, 0.25) is 6.29 Å². The Bertz CT molecular complexity index is 487. The Morgan fingerprint density at radius 1 is 1.18 bits per heavy atom. The predicted octanol–water partition coefficient (Wildman–Crippen LogP) is 4.61. The Labute approximate surface area is 142 Å². The van der Waals surface area contributed by atoms with Crippen LogP contribution in [0, 0.1) is 5.92 Å². The van der Waals surface area contributed by atoms with Gasteiger partial charge in [-0.1, -0.05) is 23.2 Å². The first kappa shape index (κ1) is 16.4. The Morgan fingerprint density at radius 3 is 2.55 bits per heavy atom. The minimum absolute atomic E-state index is 0.265. The quantitative estimate of drug-likeness (QED) is 0.674. The first-order chi connectivity index (χ1) is 10.6. The zero-order valence-electron chi connectivity index (χ0n) is 12.9. The molecule has 1 aromatic carbocycles. The summed E-state index contributed by atoms with van der Waals surface area (Å²) in [5.74, 6) is 1.59. The Balaban J connectivity index is 1.58. The number of halogens is 2. The summed E-state index contributed by atoms with van der Waals surface area (Å²) in [6.45, 7) is 2.45. The van der Waals surface area contributed by atoms with Gasteiger partial charge < -0.3 is 9.47 Å². The van der Waals surface area contributed by atoms with Crippen LogP contribution in [0.2, 0.25) is 10.0 Å². The average molecular weight is 344 g/mol. The fourth-order valence-corrected chi connectivity index (χ4v) is 3.70. The normalized spacial score (nSPS) is 23.7. The summed E-state index contributed by atoms with van der Waals surface area (Å²) in [7, 11) is 1.69. The van der Waals surface area contributed by atoms with Crippen LogP contribution in [0.4, 0.5) is 0 Å². The van der Waals surface area contributed by atoms with Gasteiger partial charge in [-0.25, -0.2) is 0 Å². The highest BCUT2D eigenvalue weighted by molar-refractivity contribution is 6.34. The molecule has 3 nitrogen and oxygen atoms in total. The van der Waals surface area contributed by atoms with Crippen molar-refractivity contribution >= 4 is 23.2 Å². The maximum absolute atomic E-state index is 6.02. The van der Waals surface area contributed by atoms with Crippen LogP contribution < -0.4 is 4.74 Å². The lowest BCUT2D eigenvalue weighted by Crippen LogP contribution is -2.36. The smallest absolute Gasteiger partial charge is 0.201 e. The number of hydrogen-bond acceptors (Lipinski definition) is 3. The summed E-state index contributed by atoms with van der Waals surface area (Å²) >= 11 is 12.0. The first-order valence-electron chi connectivity index (χ1n) is 8.03. The molecule has 0 bridgehead atoms. The van der Waals surface area contributed by atoms with Crippen LogP contribution in [0.25, 0.3) is 0 Å². The average Bonchev–Trinajstić information content (AvgIpc) is 3.17. The summed E-state index contributed by atoms with van der Waals surface area (Å²) in [6, 6.07) is 5.80. The molecular weight excluding hydrogens is 321 g/mol. The molecule has 122 valence electrons. The highest BCUT2D eigenvalue weighted by Gasteiger charge is 2.32. The molecule has 22 heavy (non-hydrogen) atoms. The molecule has 1 aliphatic heterocycles. The Kier molecular flexibility index (Phi) is 5.50. The Hall–Kier alpha value is -0.480. The van der Waals surface area contributed by atoms with Crippen molar-refractivity contribution in [3.63, 3.8) is 0 Å². The van der Waals surface area contributed by atoms with E-state index < -0.39 is 0 Å². The molecule has 2 fully saturated rings. The molecule has 0 amide bonds. The third kappa shape index (κ3) is 4.51. The van der Waals surface area contributed by atoms with E-state index in [-0.39, 0.29) is 6.29 Å². The third-order valence-corrected chi connectivity index (χ3v) is 4.96. The molecule has 1 heterocycles. The number of likely N-dealkylation sites (tertiary alicyclic amines) is 1. The number of methoxy groups -OCH3 is 1. The van der Waals surface area contributed by atoms with Crippen molar-refractivity contribution in [3.05, 3.63) is 28.2 Å². The number of benzene rings is 1. The second-order valence-electron chi connectivity index (χ2n) is 6.36. The molecule has 0 spiro atoms. The van der Waals surface area contributed by atoms with Crippen LogP contribution >= 0.6 is 23.2 Å². The SMILES string of the molecule is COC(CC1CCCN1CC1CC1)Oc1cc(Cl)cc(Cl)c1. The minimum atomic E-state index is -0.265. The van der Waals surface area contributed by atoms with Crippen LogP contribution in [0.3, 0.4) is 0 Å². The lowest BCUT2D eigenvalue weighted by Gasteiger charge is -2.28. The zero-order valence-corrected chi connectivity index (χ0v) is 14.4. The summed E-state index contributed by atoms with van der Waals surface area (Å²) in [5, 5.41) is 1.15. The van der Waals surface area contributed by atoms with Gasteiger partial charge in [0.1, 0.15) is 5.75 Å². The van der Waals surface area contributed by atoms with Crippen LogP contribution in [0.15, 0.2) is 18.2 Å². The highest BCUT2D eigenvalue weighted by atomic mass is 35.5. The number of hydrogen-bond donors (Lipinski definition) is 0. The predicted molar refractivity (Wildman–Crippen MR) is 89.8 cm³/mol. The third-order valence-electron chi connectivity index (χ3n) is 4.52. The van der Waals surface area contributed by atoms with Crippen LogP contribution in [-0.4, -0.2) is 37.4 Å². The summed E-state index contributed by atoms with van der Waals surface area (Å²) in [4.78, 5) is 2.61. The molecule has 2 unspecified atom stereocenters. The largest absolute Gasteiger partial charge is 0.465 e. The van der Waals surface area contributed by atoms with Crippen molar-refractivity contribution in [3.8, 4) is 5.75 Å². The molecule has 5 heteroatoms. The topological polar surface area (TPSA) is 21.7 Å². The van der Waals surface area contributed by atoms with Gasteiger partial charge in [0.15, 0.2) is 0 Å². The fourth-order valence-electron chi connectivity index (χ4n) is 3.20. The fraction of sp³-hybridized carbons (Fsp3) is 0.647. The van der Waals surface area contributed by atoms with Gasteiger partial charge in [0, 0.05) is 36.2 Å². The van der Waals surface area contributed by atoms with Crippen molar-refractivity contribution < 1.29 is 9.47 Å². The van der Waals surface area contributed by atoms with Gasteiger partial charge in [0.25, 0.3) is 0 Å². The maximum Gasteiger partial charge on any atom is 0.201 e. The molecule has 1 saturated heterocycles. The molecule has 3 rings (SSSR count). The van der Waals surface area contributed by atoms with Gasteiger partial charge >= 0.3 is 0 Å². The molecule has 2 aliphatic rings. The molecule has 1 saturated carbocycles. The van der Waals surface area contributed by atoms with Crippen molar-refractivity contribution in [1.29, 1.82) is 0 Å². The minimum Gasteiger partial charge on any atom is -0.465 e. The van der Waals surface area contributed by atoms with E-state index in [9.17, 15) is 0 Å².